The van der Waals surface area contributed by atoms with Gasteiger partial charge in [-0.25, -0.2) is 0 Å². The Hall–Kier alpha value is -2.48. The van der Waals surface area contributed by atoms with E-state index in [1.807, 2.05) is 0 Å². The summed E-state index contributed by atoms with van der Waals surface area (Å²) in [5, 5.41) is 11.5. The van der Waals surface area contributed by atoms with Gasteiger partial charge in [0.05, 0.1) is 13.3 Å². The van der Waals surface area contributed by atoms with Crippen molar-refractivity contribution in [2.45, 2.75) is 0 Å². The second-order valence-corrected chi connectivity index (χ2v) is 13.1. The number of halogens is 4. The van der Waals surface area contributed by atoms with Crippen molar-refractivity contribution in [1.29, 1.82) is 0 Å². The van der Waals surface area contributed by atoms with Gasteiger partial charge in [0.25, 0.3) is 23.6 Å². The van der Waals surface area contributed by atoms with Crippen LogP contribution in [0.4, 0.5) is 0 Å². The lowest BCUT2D eigenvalue weighted by Crippen LogP contribution is -2.44. The third-order valence-electron chi connectivity index (χ3n) is 7.65. The molecular weight excluding hydrogens is 776 g/mol. The molecule has 0 aromatic heterocycles. The number of carbonyl (C=O) groups is 4. The molecule has 40 heavy (non-hydrogen) atoms. The molecule has 2 aliphatic heterocycles. The van der Waals surface area contributed by atoms with Crippen molar-refractivity contribution >= 4 is 130 Å². The maximum absolute atomic E-state index is 13.6. The van der Waals surface area contributed by atoms with Crippen LogP contribution in [0.2, 0.25) is 0 Å². The fourth-order valence-electron chi connectivity index (χ4n) is 6.16. The van der Waals surface area contributed by atoms with Crippen LogP contribution in [0.1, 0.15) is 41.4 Å². The zero-order valence-corrected chi connectivity index (χ0v) is 27.1. The Morgan fingerprint density at radius 3 is 0.950 bits per heavy atom. The van der Waals surface area contributed by atoms with Crippen molar-refractivity contribution < 1.29 is 19.2 Å². The van der Waals surface area contributed by atoms with Crippen LogP contribution in [0.25, 0.3) is 43.1 Å². The lowest BCUT2D eigenvalue weighted by molar-refractivity contribution is 0.0586. The minimum Gasteiger partial charge on any atom is -0.302 e. The van der Waals surface area contributed by atoms with Crippen LogP contribution in [-0.4, -0.2) is 60.9 Å². The predicted octanol–water partition coefficient (Wildman–Crippen LogP) is 6.33. The third kappa shape index (κ3) is 3.17. The minimum atomic E-state index is -0.387. The number of imide groups is 2. The van der Waals surface area contributed by atoms with Crippen molar-refractivity contribution in [3.63, 3.8) is 0 Å². The van der Waals surface area contributed by atoms with Crippen LogP contribution in [0.15, 0.2) is 42.2 Å². The molecule has 0 atom stereocenters. The van der Waals surface area contributed by atoms with Gasteiger partial charge in [0.15, 0.2) is 0 Å². The molecule has 200 valence electrons. The molecule has 4 amide bonds. The van der Waals surface area contributed by atoms with E-state index in [0.717, 1.165) is 32.3 Å². The number of hydrogen-bond acceptors (Lipinski definition) is 6. The number of hydrogen-bond donors (Lipinski definition) is 2. The predicted molar refractivity (Wildman–Crippen MR) is 167 cm³/mol. The highest BCUT2D eigenvalue weighted by Crippen LogP contribution is 2.53. The smallest absolute Gasteiger partial charge is 0.262 e. The molecule has 2 aliphatic rings. The van der Waals surface area contributed by atoms with E-state index in [-0.39, 0.29) is 37.0 Å². The molecule has 5 aromatic rings. The molecule has 0 aliphatic carbocycles. The summed E-state index contributed by atoms with van der Waals surface area (Å²) in [7, 11) is 3.36. The number of fused-ring (bicyclic) bond motifs is 2. The molecule has 2 N–H and O–H groups in total. The molecule has 0 unspecified atom stereocenters. The van der Waals surface area contributed by atoms with Gasteiger partial charge in [-0.05, 0) is 38.4 Å². The molecule has 0 fully saturated rings. The molecule has 0 saturated carbocycles. The summed E-state index contributed by atoms with van der Waals surface area (Å²) in [4.78, 5) is 56.6. The summed E-state index contributed by atoms with van der Waals surface area (Å²) in [5.74, 6) is -1.55. The highest BCUT2D eigenvalue weighted by Gasteiger charge is 2.39. The van der Waals surface area contributed by atoms with Gasteiger partial charge in [-0.15, -0.1) is 0 Å². The average molecular weight is 792 g/mol. The molecule has 5 aromatic carbocycles. The molecule has 7 rings (SSSR count). The standard InChI is InChI=1S/C28H16Br4N4O4/c1-33-7-35-25(37)9-3-13(29)19-21-15(31)5-11-18-12(28(40)36(8-34-2)27(11)39)6-16(32)22(24(18)21)20-14(30)4-10(26(35)38)17(9)23(19)20/h3-6,33-34H,7-8H2,1-2H3. The molecule has 0 bridgehead atoms. The topological polar surface area (TPSA) is 98.8 Å². The van der Waals surface area contributed by atoms with Crippen molar-refractivity contribution in [1.82, 2.24) is 20.4 Å². The highest BCUT2D eigenvalue weighted by molar-refractivity contribution is 9.11. The SMILES string of the molecule is CNCN1C(=O)c2cc(Br)c3c4c(Br)cc5c6c(cc(Br)c(c7c(Br)cc(c2c37)C1=O)c64)C(=O)N(CNC)C5=O. The number of carbonyl (C=O) groups excluding carboxylic acids is 4. The summed E-state index contributed by atoms with van der Waals surface area (Å²) in [6.07, 6.45) is 0. The number of nitrogens with zero attached hydrogens (tertiary/aromatic N) is 2. The van der Waals surface area contributed by atoms with Gasteiger partial charge in [0.1, 0.15) is 0 Å². The van der Waals surface area contributed by atoms with E-state index < -0.39 is 0 Å². The quantitative estimate of drug-likeness (QED) is 0.126. The first-order chi connectivity index (χ1) is 19.1. The third-order valence-corrected chi connectivity index (χ3v) is 10.2. The average Bonchev–Trinajstić information content (AvgIpc) is 2.92. The Morgan fingerprint density at radius 1 is 0.475 bits per heavy atom. The van der Waals surface area contributed by atoms with Gasteiger partial charge in [-0.3, -0.25) is 29.0 Å². The van der Waals surface area contributed by atoms with E-state index in [4.69, 9.17) is 0 Å². The summed E-state index contributed by atoms with van der Waals surface area (Å²) in [6, 6.07) is 7.01. The first-order valence-electron chi connectivity index (χ1n) is 12.1. The first kappa shape index (κ1) is 26.4. The normalized spacial score (nSPS) is 15.2. The lowest BCUT2D eigenvalue weighted by atomic mass is 9.82. The van der Waals surface area contributed by atoms with Crippen LogP contribution in [0.5, 0.6) is 0 Å². The summed E-state index contributed by atoms with van der Waals surface area (Å²) < 4.78 is 2.61. The van der Waals surface area contributed by atoms with Crippen molar-refractivity contribution in [2.75, 3.05) is 27.4 Å². The van der Waals surface area contributed by atoms with Crippen LogP contribution in [0.3, 0.4) is 0 Å². The minimum absolute atomic E-state index is 0.0781. The highest BCUT2D eigenvalue weighted by atomic mass is 79.9. The van der Waals surface area contributed by atoms with Crippen LogP contribution in [-0.2, 0) is 0 Å². The Labute approximate surface area is 260 Å². The summed E-state index contributed by atoms with van der Waals surface area (Å²) in [6.45, 7) is 0.156. The van der Waals surface area contributed by atoms with Crippen molar-refractivity contribution in [2.24, 2.45) is 0 Å². The van der Waals surface area contributed by atoms with E-state index in [2.05, 4.69) is 74.4 Å². The van der Waals surface area contributed by atoms with Crippen LogP contribution < -0.4 is 10.6 Å². The van der Waals surface area contributed by atoms with Crippen molar-refractivity contribution in [3.8, 4) is 0 Å². The maximum atomic E-state index is 13.6. The van der Waals surface area contributed by atoms with Gasteiger partial charge in [0, 0.05) is 83.2 Å². The number of amides is 4. The fraction of sp³-hybridized carbons (Fsp3) is 0.143. The van der Waals surface area contributed by atoms with Gasteiger partial charge in [-0.2, -0.15) is 0 Å². The fourth-order valence-corrected chi connectivity index (χ4v) is 8.66. The largest absolute Gasteiger partial charge is 0.302 e. The van der Waals surface area contributed by atoms with Gasteiger partial charge < -0.3 is 10.6 Å². The van der Waals surface area contributed by atoms with E-state index in [1.165, 1.54) is 9.80 Å². The van der Waals surface area contributed by atoms with Gasteiger partial charge >= 0.3 is 0 Å². The Morgan fingerprint density at radius 2 is 0.725 bits per heavy atom. The molecule has 0 radical (unpaired) electrons. The van der Waals surface area contributed by atoms with Crippen LogP contribution in [0, 0.1) is 0 Å². The van der Waals surface area contributed by atoms with Gasteiger partial charge in [0.2, 0.25) is 0 Å². The molecule has 0 spiro atoms. The lowest BCUT2D eigenvalue weighted by Gasteiger charge is -2.31. The van der Waals surface area contributed by atoms with E-state index in [9.17, 15) is 19.2 Å². The first-order valence-corrected chi connectivity index (χ1v) is 15.3. The molecule has 2 heterocycles. The zero-order valence-electron chi connectivity index (χ0n) is 20.8. The zero-order chi connectivity index (χ0) is 28.4. The Balaban J connectivity index is 1.75. The van der Waals surface area contributed by atoms with Crippen LogP contribution >= 0.6 is 63.7 Å². The molecule has 8 nitrogen and oxygen atoms in total. The number of nitrogens with one attached hydrogen (secondary N) is 2. The maximum Gasteiger partial charge on any atom is 0.262 e. The molecule has 0 saturated heterocycles. The number of benzene rings is 5. The monoisotopic (exact) mass is 788 g/mol. The van der Waals surface area contributed by atoms with E-state index in [1.54, 1.807) is 38.4 Å². The molecular formula is C28H16Br4N4O4. The van der Waals surface area contributed by atoms with E-state index >= 15 is 0 Å². The molecule has 12 heteroatoms. The summed E-state index contributed by atoms with van der Waals surface area (Å²) in [5.41, 5.74) is 1.66. The Bertz CT molecular complexity index is 1800. The second kappa shape index (κ2) is 9.01. The van der Waals surface area contributed by atoms with E-state index in [0.29, 0.717) is 50.9 Å². The summed E-state index contributed by atoms with van der Waals surface area (Å²) >= 11 is 14.9. The second-order valence-electron chi connectivity index (χ2n) is 9.72. The number of rotatable bonds is 4. The van der Waals surface area contributed by atoms with Crippen molar-refractivity contribution in [3.05, 3.63) is 64.4 Å². The van der Waals surface area contributed by atoms with Gasteiger partial charge in [-0.1, -0.05) is 63.7 Å². The Kier molecular flexibility index (Phi) is 5.95.